The number of methoxy groups -OCH3 is 2. The third-order valence-electron chi connectivity index (χ3n) is 5.56. The quantitative estimate of drug-likeness (QED) is 0.369. The lowest BCUT2D eigenvalue weighted by Gasteiger charge is -2.30. The zero-order valence-corrected chi connectivity index (χ0v) is 20.3. The summed E-state index contributed by atoms with van der Waals surface area (Å²) in [5.41, 5.74) is 6.86. The molecule has 8 nitrogen and oxygen atoms in total. The van der Waals surface area contributed by atoms with Crippen LogP contribution in [0.1, 0.15) is 58.1 Å². The fraction of sp³-hybridized carbons (Fsp3) is 0.667. The van der Waals surface area contributed by atoms with Crippen molar-refractivity contribution in [3.63, 3.8) is 0 Å². The number of hydrogen-bond donors (Lipinski definition) is 3. The Morgan fingerprint density at radius 1 is 1.09 bits per heavy atom. The summed E-state index contributed by atoms with van der Waals surface area (Å²) in [5.74, 6) is -1.47. The van der Waals surface area contributed by atoms with E-state index >= 15 is 0 Å². The predicted octanol–water partition coefficient (Wildman–Crippen LogP) is 2.69. The van der Waals surface area contributed by atoms with Gasteiger partial charge in [0.2, 0.25) is 0 Å². The Labute approximate surface area is 191 Å². The molecule has 0 amide bonds. The van der Waals surface area contributed by atoms with Gasteiger partial charge in [-0.05, 0) is 76.8 Å². The first kappa shape index (κ1) is 27.9. The standard InChI is InChI=1S/C24H40N2O6/c1-23(2,10-12-32-24(3,4)9-11-25)26-16-19-14-20(27)8-7-17(19)13-18(22(29)31-6)15-21(28)30-5/h7-8,14,18,26-27H,9-13,15-16,25H2,1-6H3/t18-/m0/s1. The Bertz CT molecular complexity index is 748. The number of carbonyl (C=O) groups is 2. The predicted molar refractivity (Wildman–Crippen MR) is 123 cm³/mol. The lowest BCUT2D eigenvalue weighted by molar-refractivity contribution is -0.152. The summed E-state index contributed by atoms with van der Waals surface area (Å²) < 4.78 is 15.6. The minimum Gasteiger partial charge on any atom is -0.508 e. The molecule has 1 atom stereocenters. The van der Waals surface area contributed by atoms with Crippen LogP contribution < -0.4 is 11.1 Å². The second kappa shape index (κ2) is 12.8. The molecular weight excluding hydrogens is 412 g/mol. The van der Waals surface area contributed by atoms with Gasteiger partial charge < -0.3 is 30.4 Å². The van der Waals surface area contributed by atoms with Crippen molar-refractivity contribution < 1.29 is 28.9 Å². The largest absolute Gasteiger partial charge is 0.508 e. The summed E-state index contributed by atoms with van der Waals surface area (Å²) in [6.07, 6.45) is 1.80. The average molecular weight is 453 g/mol. The second-order valence-electron chi connectivity index (χ2n) is 9.29. The zero-order chi connectivity index (χ0) is 24.4. The maximum absolute atomic E-state index is 12.2. The van der Waals surface area contributed by atoms with E-state index in [0.717, 1.165) is 24.0 Å². The van der Waals surface area contributed by atoms with Gasteiger partial charge in [-0.25, -0.2) is 0 Å². The topological polar surface area (TPSA) is 120 Å². The van der Waals surface area contributed by atoms with Gasteiger partial charge in [-0.2, -0.15) is 0 Å². The maximum Gasteiger partial charge on any atom is 0.309 e. The van der Waals surface area contributed by atoms with E-state index in [1.165, 1.54) is 14.2 Å². The normalized spacial score (nSPS) is 13.0. The van der Waals surface area contributed by atoms with E-state index in [1.54, 1.807) is 18.2 Å². The van der Waals surface area contributed by atoms with E-state index in [9.17, 15) is 14.7 Å². The van der Waals surface area contributed by atoms with Crippen molar-refractivity contribution in [2.24, 2.45) is 11.7 Å². The molecule has 32 heavy (non-hydrogen) atoms. The van der Waals surface area contributed by atoms with Crippen LogP contribution in [0.2, 0.25) is 0 Å². The fourth-order valence-electron chi connectivity index (χ4n) is 3.36. The SMILES string of the molecule is COC(=O)C[C@H](Cc1ccc(O)cc1CNC(C)(C)CCOC(C)(C)CCN)C(=O)OC. The van der Waals surface area contributed by atoms with Crippen LogP contribution >= 0.6 is 0 Å². The van der Waals surface area contributed by atoms with Gasteiger partial charge in [-0.15, -0.1) is 0 Å². The van der Waals surface area contributed by atoms with E-state index in [4.69, 9.17) is 19.9 Å². The molecule has 0 bridgehead atoms. The van der Waals surface area contributed by atoms with Crippen molar-refractivity contribution in [1.82, 2.24) is 5.32 Å². The van der Waals surface area contributed by atoms with Crippen LogP contribution in [0, 0.1) is 5.92 Å². The van der Waals surface area contributed by atoms with Gasteiger partial charge in [0, 0.05) is 18.7 Å². The molecule has 0 heterocycles. The van der Waals surface area contributed by atoms with Crippen molar-refractivity contribution in [3.8, 4) is 5.75 Å². The molecule has 0 saturated carbocycles. The number of rotatable bonds is 14. The Kier molecular flexibility index (Phi) is 11.1. The molecular formula is C24H40N2O6. The van der Waals surface area contributed by atoms with Gasteiger partial charge in [0.15, 0.2) is 0 Å². The van der Waals surface area contributed by atoms with Crippen molar-refractivity contribution in [2.45, 2.75) is 71.1 Å². The number of aromatic hydroxyl groups is 1. The maximum atomic E-state index is 12.2. The highest BCUT2D eigenvalue weighted by Crippen LogP contribution is 2.24. The molecule has 1 rings (SSSR count). The molecule has 1 aromatic carbocycles. The first-order valence-corrected chi connectivity index (χ1v) is 11.0. The Morgan fingerprint density at radius 3 is 2.38 bits per heavy atom. The second-order valence-corrected chi connectivity index (χ2v) is 9.29. The smallest absolute Gasteiger partial charge is 0.309 e. The first-order chi connectivity index (χ1) is 14.9. The number of carbonyl (C=O) groups excluding carboxylic acids is 2. The molecule has 1 aromatic rings. The molecule has 8 heteroatoms. The van der Waals surface area contributed by atoms with E-state index in [2.05, 4.69) is 19.2 Å². The third kappa shape index (κ3) is 9.97. The van der Waals surface area contributed by atoms with Crippen LogP contribution in [0.5, 0.6) is 5.75 Å². The van der Waals surface area contributed by atoms with Gasteiger partial charge in [0.1, 0.15) is 5.75 Å². The van der Waals surface area contributed by atoms with Crippen molar-refractivity contribution in [3.05, 3.63) is 29.3 Å². The molecule has 0 aromatic heterocycles. The molecule has 0 unspecified atom stereocenters. The molecule has 4 N–H and O–H groups in total. The van der Waals surface area contributed by atoms with Gasteiger partial charge in [0.05, 0.1) is 32.2 Å². The Hall–Kier alpha value is -2.16. The van der Waals surface area contributed by atoms with Gasteiger partial charge >= 0.3 is 11.9 Å². The van der Waals surface area contributed by atoms with Crippen LogP contribution in [-0.2, 0) is 36.8 Å². The number of ether oxygens (including phenoxy) is 3. The number of esters is 2. The summed E-state index contributed by atoms with van der Waals surface area (Å²) in [4.78, 5) is 23.9. The summed E-state index contributed by atoms with van der Waals surface area (Å²) in [6.45, 7) is 9.89. The zero-order valence-electron chi connectivity index (χ0n) is 20.3. The summed E-state index contributed by atoms with van der Waals surface area (Å²) >= 11 is 0. The van der Waals surface area contributed by atoms with E-state index in [0.29, 0.717) is 26.1 Å². The van der Waals surface area contributed by atoms with E-state index in [-0.39, 0.29) is 23.3 Å². The lowest BCUT2D eigenvalue weighted by atomic mass is 9.92. The molecule has 0 aliphatic heterocycles. The number of nitrogens with one attached hydrogen (secondary N) is 1. The molecule has 0 spiro atoms. The Balaban J connectivity index is 2.85. The van der Waals surface area contributed by atoms with Crippen molar-refractivity contribution >= 4 is 11.9 Å². The van der Waals surface area contributed by atoms with E-state index < -0.39 is 17.9 Å². The van der Waals surface area contributed by atoms with Crippen LogP contribution in [0.4, 0.5) is 0 Å². The van der Waals surface area contributed by atoms with E-state index in [1.807, 2.05) is 13.8 Å². The van der Waals surface area contributed by atoms with Gasteiger partial charge in [0.25, 0.3) is 0 Å². The summed E-state index contributed by atoms with van der Waals surface area (Å²) in [5, 5.41) is 13.5. The number of hydrogen-bond acceptors (Lipinski definition) is 8. The van der Waals surface area contributed by atoms with Gasteiger partial charge in [-0.3, -0.25) is 9.59 Å². The van der Waals surface area contributed by atoms with Crippen LogP contribution in [0.15, 0.2) is 18.2 Å². The Morgan fingerprint density at radius 2 is 1.78 bits per heavy atom. The average Bonchev–Trinajstić information content (AvgIpc) is 2.72. The fourth-order valence-corrected chi connectivity index (χ4v) is 3.36. The van der Waals surface area contributed by atoms with Crippen LogP contribution in [0.3, 0.4) is 0 Å². The molecule has 0 aliphatic carbocycles. The number of nitrogens with two attached hydrogens (primary N) is 1. The molecule has 0 aliphatic rings. The highest BCUT2D eigenvalue weighted by molar-refractivity contribution is 5.80. The molecule has 0 fully saturated rings. The lowest BCUT2D eigenvalue weighted by Crippen LogP contribution is -2.41. The highest BCUT2D eigenvalue weighted by atomic mass is 16.5. The molecule has 182 valence electrons. The first-order valence-electron chi connectivity index (χ1n) is 11.0. The molecule has 0 radical (unpaired) electrons. The number of benzene rings is 1. The van der Waals surface area contributed by atoms with Crippen LogP contribution in [0.25, 0.3) is 0 Å². The minimum atomic E-state index is -0.665. The number of phenols is 1. The molecule has 0 saturated heterocycles. The van der Waals surface area contributed by atoms with Crippen LogP contribution in [-0.4, -0.2) is 55.6 Å². The monoisotopic (exact) mass is 452 g/mol. The van der Waals surface area contributed by atoms with Crippen molar-refractivity contribution in [2.75, 3.05) is 27.4 Å². The third-order valence-corrected chi connectivity index (χ3v) is 5.56. The van der Waals surface area contributed by atoms with Gasteiger partial charge in [-0.1, -0.05) is 6.07 Å². The van der Waals surface area contributed by atoms with Crippen molar-refractivity contribution in [1.29, 1.82) is 0 Å². The number of phenolic OH excluding ortho intramolecular Hbond substituents is 1. The minimum absolute atomic E-state index is 0.0711. The summed E-state index contributed by atoms with van der Waals surface area (Å²) in [7, 11) is 2.58. The summed E-state index contributed by atoms with van der Waals surface area (Å²) in [6, 6.07) is 5.01. The highest BCUT2D eigenvalue weighted by Gasteiger charge is 2.26.